The van der Waals surface area contributed by atoms with Crippen LogP contribution in [-0.2, 0) is 41.4 Å². The van der Waals surface area contributed by atoms with E-state index in [1.807, 2.05) is 89.1 Å². The van der Waals surface area contributed by atoms with Crippen LogP contribution in [0.15, 0.2) is 104 Å². The third-order valence-corrected chi connectivity index (χ3v) is 12.8. The van der Waals surface area contributed by atoms with Crippen LogP contribution in [0.4, 0.5) is 0 Å². The van der Waals surface area contributed by atoms with E-state index in [2.05, 4.69) is 44.9 Å². The van der Waals surface area contributed by atoms with E-state index < -0.39 is 24.9 Å². The van der Waals surface area contributed by atoms with Gasteiger partial charge in [-0.2, -0.15) is 0 Å². The predicted octanol–water partition coefficient (Wildman–Crippen LogP) is 5.92. The number of pyridine rings is 1. The van der Waals surface area contributed by atoms with Crippen LogP contribution >= 0.6 is 0 Å². The molecule has 0 unspecified atom stereocenters. The number of hydrogen-bond donors (Lipinski definition) is 4. The summed E-state index contributed by atoms with van der Waals surface area (Å²) in [6.07, 6.45) is 9.41. The first-order valence-corrected chi connectivity index (χ1v) is 21.4. The Hall–Kier alpha value is -6.07. The molecule has 3 aromatic carbocycles. The van der Waals surface area contributed by atoms with Crippen LogP contribution in [0.2, 0.25) is 0 Å². The van der Waals surface area contributed by atoms with Crippen LogP contribution in [0, 0.1) is 0 Å². The number of amides is 2. The van der Waals surface area contributed by atoms with Gasteiger partial charge in [-0.05, 0) is 89.6 Å². The fourth-order valence-corrected chi connectivity index (χ4v) is 9.44. The van der Waals surface area contributed by atoms with Crippen molar-refractivity contribution >= 4 is 11.8 Å². The molecule has 4 fully saturated rings. The first-order chi connectivity index (χ1) is 30.5. The van der Waals surface area contributed by atoms with Crippen molar-refractivity contribution < 1.29 is 28.5 Å². The zero-order chi connectivity index (χ0) is 41.6. The van der Waals surface area contributed by atoms with Gasteiger partial charge in [0.25, 0.3) is 0 Å². The highest BCUT2D eigenvalue weighted by Gasteiger charge is 2.40. The van der Waals surface area contributed by atoms with Crippen LogP contribution < -0.4 is 10.6 Å². The second kappa shape index (κ2) is 16.7. The molecule has 0 spiro atoms. The number of benzene rings is 3. The number of fused-ring (bicyclic) bond motifs is 2. The molecule has 62 heavy (non-hydrogen) atoms. The topological polar surface area (TPSA) is 172 Å². The number of aromatic amines is 2. The molecule has 3 aromatic heterocycles. The summed E-state index contributed by atoms with van der Waals surface area (Å²) in [7, 11) is 0. The molecule has 4 aliphatic heterocycles. The second-order valence-electron chi connectivity index (χ2n) is 16.5. The van der Waals surface area contributed by atoms with E-state index in [0.717, 1.165) is 83.9 Å². The number of H-pyrrole nitrogens is 2. The first kappa shape index (κ1) is 38.8. The van der Waals surface area contributed by atoms with E-state index >= 15 is 0 Å². The van der Waals surface area contributed by atoms with Crippen LogP contribution in [0.3, 0.4) is 0 Å². The van der Waals surface area contributed by atoms with Crippen LogP contribution in [0.25, 0.3) is 22.6 Å². The van der Waals surface area contributed by atoms with Crippen LogP contribution in [-0.4, -0.2) is 86.0 Å². The number of carbonyl (C=O) groups excluding carboxylic acids is 2. The molecule has 5 aliphatic rings. The third-order valence-electron chi connectivity index (χ3n) is 12.8. The Bertz CT molecular complexity index is 2400. The van der Waals surface area contributed by atoms with Gasteiger partial charge in [-0.15, -0.1) is 0 Å². The molecule has 6 aromatic rings. The molecular weight excluding hydrogens is 787 g/mol. The molecule has 4 N–H and O–H groups in total. The van der Waals surface area contributed by atoms with Crippen molar-refractivity contribution in [1.29, 1.82) is 0 Å². The Morgan fingerprint density at radius 1 is 0.597 bits per heavy atom. The highest BCUT2D eigenvalue weighted by molar-refractivity contribution is 5.84. The van der Waals surface area contributed by atoms with Gasteiger partial charge in [-0.3, -0.25) is 25.2 Å². The van der Waals surface area contributed by atoms with Gasteiger partial charge in [0, 0.05) is 19.3 Å². The second-order valence-corrected chi connectivity index (χ2v) is 16.5. The van der Waals surface area contributed by atoms with E-state index in [1.54, 1.807) is 0 Å². The number of carbonyl (C=O) groups is 2. The maximum atomic E-state index is 14.1. The molecule has 11 rings (SSSR count). The minimum absolute atomic E-state index is 0.0305. The number of likely N-dealkylation sites (tertiary alicyclic amines) is 2. The number of hydrogen-bond acceptors (Lipinski definition) is 11. The number of rotatable bonds is 12. The Kier molecular flexibility index (Phi) is 10.4. The Labute approximate surface area is 358 Å². The summed E-state index contributed by atoms with van der Waals surface area (Å²) >= 11 is 0. The smallest absolute Gasteiger partial charge is 0.245 e. The lowest BCUT2D eigenvalue weighted by Gasteiger charge is -2.34. The molecule has 0 radical (unpaired) electrons. The van der Waals surface area contributed by atoms with Crippen molar-refractivity contribution in [2.24, 2.45) is 0 Å². The molecule has 1 aliphatic carbocycles. The maximum absolute atomic E-state index is 14.1. The zero-order valence-corrected chi connectivity index (χ0v) is 34.0. The number of nitrogens with zero attached hydrogens (tertiary/aromatic N) is 5. The van der Waals surface area contributed by atoms with Gasteiger partial charge in [-0.25, -0.2) is 9.97 Å². The van der Waals surface area contributed by atoms with E-state index in [0.29, 0.717) is 13.1 Å². The largest absolute Gasteiger partial charge is 0.340 e. The van der Waals surface area contributed by atoms with Gasteiger partial charge in [0.2, 0.25) is 24.6 Å². The van der Waals surface area contributed by atoms with Crippen molar-refractivity contribution in [3.05, 3.63) is 149 Å². The average Bonchev–Trinajstić information content (AvgIpc) is 4.12. The molecule has 7 heterocycles. The van der Waals surface area contributed by atoms with E-state index in [9.17, 15) is 9.59 Å². The van der Waals surface area contributed by atoms with Crippen molar-refractivity contribution in [1.82, 2.24) is 45.4 Å². The van der Waals surface area contributed by atoms with Crippen molar-refractivity contribution in [2.75, 3.05) is 26.7 Å². The molecule has 2 amide bonds. The van der Waals surface area contributed by atoms with Gasteiger partial charge >= 0.3 is 0 Å². The minimum Gasteiger partial charge on any atom is -0.340 e. The Morgan fingerprint density at radius 3 is 1.69 bits per heavy atom. The van der Waals surface area contributed by atoms with Gasteiger partial charge in [0.1, 0.15) is 23.7 Å². The highest BCUT2D eigenvalue weighted by Crippen LogP contribution is 2.38. The third kappa shape index (κ3) is 7.50. The van der Waals surface area contributed by atoms with Crippen LogP contribution in [0.1, 0.15) is 94.9 Å². The summed E-state index contributed by atoms with van der Waals surface area (Å²) in [5, 5.41) is 6.46. The minimum atomic E-state index is -0.617. The predicted molar refractivity (Wildman–Crippen MR) is 225 cm³/mol. The lowest BCUT2D eigenvalue weighted by molar-refractivity contribution is -0.335. The number of imidazole rings is 2. The fourth-order valence-electron chi connectivity index (χ4n) is 9.44. The van der Waals surface area contributed by atoms with Crippen LogP contribution in [0.5, 0.6) is 0 Å². The molecule has 0 bridgehead atoms. The number of ether oxygens (including phenoxy) is 4. The SMILES string of the molecule is O=C([C@H](NC1OCO1)c1ccccc1)N1CCC[C@H]1c1ncc(-c2ccc3c(c2)Cc2cnc(-c4cnc([C@@H]5CCCN5C(=O)[C@H](NC5OCO5)c5ccccc5)[nH]4)cc2C3)[nH]1. The van der Waals surface area contributed by atoms with E-state index in [4.69, 9.17) is 33.9 Å². The number of nitrogens with one attached hydrogen (secondary N) is 4. The van der Waals surface area contributed by atoms with Crippen molar-refractivity contribution in [2.45, 2.75) is 75.5 Å². The highest BCUT2D eigenvalue weighted by atomic mass is 16.9. The summed E-state index contributed by atoms with van der Waals surface area (Å²) < 4.78 is 21.8. The molecule has 15 heteroatoms. The summed E-state index contributed by atoms with van der Waals surface area (Å²) in [6.45, 7) is 1.71. The van der Waals surface area contributed by atoms with Gasteiger partial charge in [0.05, 0.1) is 41.6 Å². The average molecular weight is 834 g/mol. The summed E-state index contributed by atoms with van der Waals surface area (Å²) in [5.74, 6) is 1.46. The number of aromatic nitrogens is 5. The van der Waals surface area contributed by atoms with Gasteiger partial charge in [-0.1, -0.05) is 72.8 Å². The molecule has 15 nitrogen and oxygen atoms in total. The Balaban J connectivity index is 0.771. The lowest BCUT2D eigenvalue weighted by atomic mass is 9.85. The zero-order valence-electron chi connectivity index (χ0n) is 34.0. The first-order valence-electron chi connectivity index (χ1n) is 21.4. The van der Waals surface area contributed by atoms with Gasteiger partial charge in [0.15, 0.2) is 13.6 Å². The van der Waals surface area contributed by atoms with E-state index in [-0.39, 0.29) is 37.5 Å². The molecule has 4 saturated heterocycles. The molecular formula is C47H47N9O6. The fraction of sp³-hybridized carbons (Fsp3) is 0.340. The standard InChI is InChI=1S/C47H47N9O6/c57-44(40(53-46-59-26-60-46)28-9-3-1-4-10-28)55-17-7-13-38(55)42-49-24-36(51-42)31-16-15-30-19-33-22-35(48-23-34(33)21-32(30)20-31)37-25-50-43(52-37)39-14-8-18-56(39)45(58)41(54-47-61-27-62-47)29-11-5-2-6-12-29/h1-6,9-12,15-16,20,22-25,38-41,46-47,53-54H,7-8,13-14,17-19,21,26-27H2,(H,49,51)(H,50,52)/t38-,39-,40+,41+/m0/s1. The Morgan fingerprint density at radius 2 is 1.13 bits per heavy atom. The maximum Gasteiger partial charge on any atom is 0.245 e. The molecule has 4 atom stereocenters. The molecule has 0 saturated carbocycles. The summed E-state index contributed by atoms with van der Waals surface area (Å²) in [4.78, 5) is 53.7. The van der Waals surface area contributed by atoms with E-state index in [1.165, 1.54) is 22.3 Å². The quantitative estimate of drug-likeness (QED) is 0.115. The normalized spacial score (nSPS) is 20.9. The lowest BCUT2D eigenvalue weighted by Crippen LogP contribution is -2.50. The van der Waals surface area contributed by atoms with Gasteiger partial charge < -0.3 is 38.7 Å². The molecule has 316 valence electrons. The summed E-state index contributed by atoms with van der Waals surface area (Å²) in [5.41, 5.74) is 10.3. The summed E-state index contributed by atoms with van der Waals surface area (Å²) in [6, 6.07) is 26.6. The van der Waals surface area contributed by atoms with Crippen molar-refractivity contribution in [3.63, 3.8) is 0 Å². The monoisotopic (exact) mass is 833 g/mol. The van der Waals surface area contributed by atoms with Crippen molar-refractivity contribution in [3.8, 4) is 22.6 Å².